The van der Waals surface area contributed by atoms with Gasteiger partial charge in [0.05, 0.1) is 17.9 Å². The largest absolute Gasteiger partial charge is 0.545 e. The van der Waals surface area contributed by atoms with Crippen LogP contribution in [0.3, 0.4) is 0 Å². The molecule has 1 N–H and O–H groups in total. The van der Waals surface area contributed by atoms with Gasteiger partial charge in [0.15, 0.2) is 10.6 Å². The van der Waals surface area contributed by atoms with Crippen LogP contribution in [0.25, 0.3) is 17.2 Å². The number of carboxylic acid groups (broad SMARTS) is 1. The fourth-order valence-corrected chi connectivity index (χ4v) is 2.11. The predicted molar refractivity (Wildman–Crippen MR) is 74.1 cm³/mol. The summed E-state index contributed by atoms with van der Waals surface area (Å²) in [6.07, 6.45) is 4.68. The summed E-state index contributed by atoms with van der Waals surface area (Å²) in [4.78, 5) is 18.9. The van der Waals surface area contributed by atoms with Gasteiger partial charge in [-0.3, -0.25) is 14.6 Å². The van der Waals surface area contributed by atoms with Crippen LogP contribution in [0.2, 0.25) is 0 Å². The second kappa shape index (κ2) is 5.25. The van der Waals surface area contributed by atoms with Crippen molar-refractivity contribution in [3.05, 3.63) is 53.2 Å². The molecule has 21 heavy (non-hydrogen) atoms. The van der Waals surface area contributed by atoms with Crippen LogP contribution in [0.5, 0.6) is 0 Å². The number of rotatable bonds is 3. The van der Waals surface area contributed by atoms with Crippen LogP contribution >= 0.6 is 12.2 Å². The molecule has 104 valence electrons. The quantitative estimate of drug-likeness (QED) is 0.716. The summed E-state index contributed by atoms with van der Waals surface area (Å²) in [6, 6.07) is 6.13. The monoisotopic (exact) mass is 298 g/mol. The van der Waals surface area contributed by atoms with Crippen molar-refractivity contribution in [3.63, 3.8) is 0 Å². The molecule has 1 aromatic carbocycles. The Bertz CT molecular complexity index is 839. The van der Waals surface area contributed by atoms with E-state index in [1.165, 1.54) is 12.1 Å². The average molecular weight is 298 g/mol. The second-order valence-corrected chi connectivity index (χ2v) is 4.50. The minimum Gasteiger partial charge on any atom is -0.545 e. The zero-order chi connectivity index (χ0) is 14.8. The Kier molecular flexibility index (Phi) is 3.28. The molecule has 0 saturated carbocycles. The lowest BCUT2D eigenvalue weighted by Crippen LogP contribution is -2.22. The summed E-state index contributed by atoms with van der Waals surface area (Å²) in [7, 11) is 0. The Labute approximate surface area is 123 Å². The molecule has 3 aromatic rings. The number of carbonyl (C=O) groups excluding carboxylic acids is 1. The van der Waals surface area contributed by atoms with Crippen molar-refractivity contribution < 1.29 is 9.90 Å². The number of aromatic carboxylic acids is 1. The molecule has 0 spiro atoms. The van der Waals surface area contributed by atoms with E-state index in [0.29, 0.717) is 22.0 Å². The highest BCUT2D eigenvalue weighted by molar-refractivity contribution is 7.71. The molecule has 0 radical (unpaired) electrons. The molecule has 0 unspecified atom stereocenters. The Morgan fingerprint density at radius 2 is 2.00 bits per heavy atom. The highest BCUT2D eigenvalue weighted by Crippen LogP contribution is 2.19. The van der Waals surface area contributed by atoms with Crippen molar-refractivity contribution in [2.75, 3.05) is 0 Å². The van der Waals surface area contributed by atoms with E-state index in [0.717, 1.165) is 0 Å². The van der Waals surface area contributed by atoms with Crippen molar-refractivity contribution in [2.24, 2.45) is 0 Å². The third kappa shape index (κ3) is 2.43. The number of nitrogens with one attached hydrogen (secondary N) is 1. The lowest BCUT2D eigenvalue weighted by atomic mass is 10.2. The molecule has 0 aliphatic heterocycles. The minimum atomic E-state index is -1.23. The number of aromatic nitrogens is 5. The zero-order valence-corrected chi connectivity index (χ0v) is 11.4. The molecule has 0 atom stereocenters. The van der Waals surface area contributed by atoms with Gasteiger partial charge >= 0.3 is 0 Å². The van der Waals surface area contributed by atoms with Crippen LogP contribution in [0.15, 0.2) is 42.9 Å². The Hall–Kier alpha value is -2.87. The summed E-state index contributed by atoms with van der Waals surface area (Å²) < 4.78 is 2.02. The van der Waals surface area contributed by atoms with Gasteiger partial charge in [0.1, 0.15) is 5.69 Å². The SMILES string of the molecule is O=C([O-])c1ccc(-n2c(-c3cnccn3)n[nH]c2=S)cc1. The van der Waals surface area contributed by atoms with Gasteiger partial charge in [0.2, 0.25) is 0 Å². The van der Waals surface area contributed by atoms with Gasteiger partial charge in [-0.05, 0) is 29.9 Å². The maximum absolute atomic E-state index is 10.8. The number of aromatic amines is 1. The normalized spacial score (nSPS) is 10.5. The van der Waals surface area contributed by atoms with Crippen LogP contribution in [0, 0.1) is 4.77 Å². The number of nitrogens with zero attached hydrogens (tertiary/aromatic N) is 4. The molecule has 0 amide bonds. The number of benzene rings is 1. The van der Waals surface area contributed by atoms with Gasteiger partial charge in [-0.2, -0.15) is 5.10 Å². The van der Waals surface area contributed by atoms with Crippen LogP contribution in [-0.4, -0.2) is 30.7 Å². The lowest BCUT2D eigenvalue weighted by Gasteiger charge is -2.08. The first kappa shape index (κ1) is 13.1. The number of hydrogen-bond acceptors (Lipinski definition) is 6. The van der Waals surface area contributed by atoms with Crippen molar-refractivity contribution in [1.82, 2.24) is 24.7 Å². The Morgan fingerprint density at radius 3 is 2.62 bits per heavy atom. The number of hydrogen-bond donors (Lipinski definition) is 1. The average Bonchev–Trinajstić information content (AvgIpc) is 2.90. The molecular formula is C13H8N5O2S-. The second-order valence-electron chi connectivity index (χ2n) is 4.11. The molecule has 2 aromatic heterocycles. The first-order valence-corrected chi connectivity index (χ1v) is 6.33. The van der Waals surface area contributed by atoms with E-state index in [2.05, 4.69) is 20.2 Å². The van der Waals surface area contributed by atoms with E-state index in [1.54, 1.807) is 35.3 Å². The van der Waals surface area contributed by atoms with Gasteiger partial charge in [0.25, 0.3) is 0 Å². The van der Waals surface area contributed by atoms with E-state index >= 15 is 0 Å². The molecular weight excluding hydrogens is 290 g/mol. The Balaban J connectivity index is 2.13. The maximum atomic E-state index is 10.8. The minimum absolute atomic E-state index is 0.0924. The van der Waals surface area contributed by atoms with Gasteiger partial charge in [-0.15, -0.1) is 0 Å². The third-order valence-electron chi connectivity index (χ3n) is 2.83. The van der Waals surface area contributed by atoms with E-state index in [-0.39, 0.29) is 5.56 Å². The molecule has 3 rings (SSSR count). The predicted octanol–water partition coefficient (Wildman–Crippen LogP) is 0.750. The van der Waals surface area contributed by atoms with Crippen LogP contribution in [0.4, 0.5) is 0 Å². The summed E-state index contributed by atoms with van der Waals surface area (Å²) in [5.74, 6) is -0.735. The van der Waals surface area contributed by atoms with E-state index < -0.39 is 5.97 Å². The summed E-state index contributed by atoms with van der Waals surface area (Å²) >= 11 is 5.21. The molecule has 0 aliphatic rings. The number of carbonyl (C=O) groups is 1. The molecule has 0 bridgehead atoms. The first-order chi connectivity index (χ1) is 10.2. The smallest absolute Gasteiger partial charge is 0.200 e. The van der Waals surface area contributed by atoms with E-state index in [1.807, 2.05) is 0 Å². The van der Waals surface area contributed by atoms with Crippen LogP contribution in [-0.2, 0) is 0 Å². The fourth-order valence-electron chi connectivity index (χ4n) is 1.87. The Morgan fingerprint density at radius 1 is 1.24 bits per heavy atom. The van der Waals surface area contributed by atoms with Crippen molar-refractivity contribution in [1.29, 1.82) is 0 Å². The van der Waals surface area contributed by atoms with E-state index in [9.17, 15) is 9.90 Å². The summed E-state index contributed by atoms with van der Waals surface area (Å²) in [5.41, 5.74) is 1.31. The molecule has 8 heteroatoms. The van der Waals surface area contributed by atoms with Gasteiger partial charge < -0.3 is 9.90 Å². The highest BCUT2D eigenvalue weighted by atomic mass is 32.1. The van der Waals surface area contributed by atoms with Gasteiger partial charge in [-0.1, -0.05) is 12.1 Å². The number of H-pyrrole nitrogens is 1. The van der Waals surface area contributed by atoms with Crippen LogP contribution < -0.4 is 5.11 Å². The summed E-state index contributed by atoms with van der Waals surface area (Å²) in [6.45, 7) is 0. The molecule has 7 nitrogen and oxygen atoms in total. The van der Waals surface area contributed by atoms with Crippen molar-refractivity contribution >= 4 is 18.2 Å². The molecule has 0 fully saturated rings. The topological polar surface area (TPSA) is 99.5 Å². The number of carboxylic acids is 1. The van der Waals surface area contributed by atoms with Gasteiger partial charge in [-0.25, -0.2) is 4.98 Å². The van der Waals surface area contributed by atoms with Crippen molar-refractivity contribution in [3.8, 4) is 17.2 Å². The summed E-state index contributed by atoms with van der Waals surface area (Å²) in [5, 5.41) is 17.6. The van der Waals surface area contributed by atoms with Gasteiger partial charge in [0, 0.05) is 12.4 Å². The lowest BCUT2D eigenvalue weighted by molar-refractivity contribution is -0.255. The maximum Gasteiger partial charge on any atom is 0.200 e. The standard InChI is InChI=1S/C13H9N5O2S/c19-12(20)8-1-3-9(4-2-8)18-11(16-17-13(18)21)10-7-14-5-6-15-10/h1-7H,(H,17,21)(H,19,20)/p-1. The highest BCUT2D eigenvalue weighted by Gasteiger charge is 2.11. The third-order valence-corrected chi connectivity index (χ3v) is 3.10. The molecule has 2 heterocycles. The van der Waals surface area contributed by atoms with E-state index in [4.69, 9.17) is 12.2 Å². The molecule has 0 aliphatic carbocycles. The molecule has 0 saturated heterocycles. The van der Waals surface area contributed by atoms with Crippen LogP contribution in [0.1, 0.15) is 10.4 Å². The zero-order valence-electron chi connectivity index (χ0n) is 10.6. The van der Waals surface area contributed by atoms with Crippen molar-refractivity contribution in [2.45, 2.75) is 0 Å². The first-order valence-electron chi connectivity index (χ1n) is 5.92. The fraction of sp³-hybridized carbons (Fsp3) is 0.